The van der Waals surface area contributed by atoms with Gasteiger partial charge in [-0.2, -0.15) is 17.6 Å². The van der Waals surface area contributed by atoms with Crippen LogP contribution in [0.5, 0.6) is 0 Å². The number of ether oxygens (including phenoxy) is 1. The number of hydrogen-bond acceptors (Lipinski definition) is 5. The van der Waals surface area contributed by atoms with E-state index in [1.165, 1.54) is 12.1 Å². The van der Waals surface area contributed by atoms with E-state index in [4.69, 9.17) is 4.74 Å². The zero-order valence-corrected chi connectivity index (χ0v) is 13.0. The molecule has 0 aliphatic carbocycles. The quantitative estimate of drug-likeness (QED) is 0.304. The number of nitrogens with zero attached hydrogens (tertiary/aromatic N) is 3. The number of amidine groups is 1. The Morgan fingerprint density at radius 2 is 2.18 bits per heavy atom. The van der Waals surface area contributed by atoms with Crippen LogP contribution in [0.25, 0.3) is 0 Å². The van der Waals surface area contributed by atoms with Crippen LogP contribution < -0.4 is 0 Å². The topological polar surface area (TPSA) is 85.0 Å². The van der Waals surface area contributed by atoms with E-state index in [2.05, 4.69) is 17.6 Å². The van der Waals surface area contributed by atoms with Crippen molar-refractivity contribution in [3.63, 3.8) is 0 Å². The number of nitro benzene ring substituents is 1. The molecule has 0 bridgehead atoms. The number of carbonyl (C=O) groups is 1. The number of nitro groups is 1. The van der Waals surface area contributed by atoms with Gasteiger partial charge in [0.15, 0.2) is 0 Å². The first-order valence-electron chi connectivity index (χ1n) is 6.84. The summed E-state index contributed by atoms with van der Waals surface area (Å²) < 4.78 is 5.04. The normalized spacial score (nSPS) is 18.4. The summed E-state index contributed by atoms with van der Waals surface area (Å²) in [5, 5.41) is 10.8. The monoisotopic (exact) mass is 323 g/mol. The van der Waals surface area contributed by atoms with Crippen LogP contribution in [0.4, 0.5) is 10.5 Å². The van der Waals surface area contributed by atoms with Crippen molar-refractivity contribution in [2.45, 2.75) is 25.2 Å². The van der Waals surface area contributed by atoms with Crippen molar-refractivity contribution in [3.8, 4) is 0 Å². The molecule has 1 aliphatic rings. The summed E-state index contributed by atoms with van der Waals surface area (Å²) in [6.45, 7) is 3.40. The van der Waals surface area contributed by atoms with E-state index in [0.29, 0.717) is 16.6 Å². The Kier molecular flexibility index (Phi) is 5.37. The second-order valence-electron chi connectivity index (χ2n) is 5.03. The highest BCUT2D eigenvalue weighted by atomic mass is 32.1. The second kappa shape index (κ2) is 7.26. The molecule has 1 fully saturated rings. The maximum absolute atomic E-state index is 11.7. The smallest absolute Gasteiger partial charge is 0.435 e. The number of amides is 1. The van der Waals surface area contributed by atoms with E-state index in [-0.39, 0.29) is 12.3 Å². The molecule has 1 saturated heterocycles. The number of rotatable bonds is 3. The van der Waals surface area contributed by atoms with Crippen molar-refractivity contribution in [2.24, 2.45) is 4.99 Å². The molecule has 7 nitrogen and oxygen atoms in total. The van der Waals surface area contributed by atoms with Crippen LogP contribution in [0.3, 0.4) is 0 Å². The number of benzene rings is 1. The van der Waals surface area contributed by atoms with Crippen LogP contribution in [0.15, 0.2) is 29.3 Å². The Labute approximate surface area is 133 Å². The summed E-state index contributed by atoms with van der Waals surface area (Å²) >= 11 is 4.39. The van der Waals surface area contributed by atoms with Crippen LogP contribution in [0.1, 0.15) is 18.9 Å². The Bertz CT molecular complexity index is 588. The summed E-state index contributed by atoms with van der Waals surface area (Å²) in [6, 6.07) is 5.84. The molecule has 1 amide bonds. The van der Waals surface area contributed by atoms with E-state index in [1.54, 1.807) is 19.1 Å². The summed E-state index contributed by atoms with van der Waals surface area (Å²) in [5.41, 5.74) is 0.669. The minimum Gasteiger partial charge on any atom is -0.443 e. The Hall–Kier alpha value is -2.09. The lowest BCUT2D eigenvalue weighted by molar-refractivity contribution is -0.384. The molecule has 1 heterocycles. The number of thiol groups is 1. The number of aliphatic imine (C=N–C) groups is 1. The van der Waals surface area contributed by atoms with E-state index >= 15 is 0 Å². The molecule has 1 aromatic rings. The third-order valence-corrected chi connectivity index (χ3v) is 3.81. The lowest BCUT2D eigenvalue weighted by atomic mass is 10.2. The van der Waals surface area contributed by atoms with Gasteiger partial charge in [-0.25, -0.2) is 4.79 Å². The Balaban J connectivity index is 1.85. The molecule has 1 atom stereocenters. The summed E-state index contributed by atoms with van der Waals surface area (Å²) in [6.07, 6.45) is 0.298. The number of non-ortho nitro benzene ring substituents is 1. The number of likely N-dealkylation sites (tertiary alicyclic amines) is 1. The molecule has 8 heteroatoms. The van der Waals surface area contributed by atoms with Gasteiger partial charge in [0.2, 0.25) is 0 Å². The van der Waals surface area contributed by atoms with Gasteiger partial charge in [-0.1, -0.05) is 0 Å². The predicted octanol–water partition coefficient (Wildman–Crippen LogP) is 2.65. The van der Waals surface area contributed by atoms with Gasteiger partial charge in [-0.05, 0) is 31.0 Å². The summed E-state index contributed by atoms with van der Waals surface area (Å²) in [5.74, 6) is 0.616. The van der Waals surface area contributed by atoms with Gasteiger partial charge in [0.05, 0.1) is 4.92 Å². The Morgan fingerprint density at radius 1 is 1.50 bits per heavy atom. The average molecular weight is 323 g/mol. The molecule has 1 aliphatic heterocycles. The summed E-state index contributed by atoms with van der Waals surface area (Å²) in [7, 11) is 0. The zero-order chi connectivity index (χ0) is 16.1. The molecule has 0 saturated carbocycles. The highest BCUT2D eigenvalue weighted by Crippen LogP contribution is 2.15. The van der Waals surface area contributed by atoms with Gasteiger partial charge >= 0.3 is 6.09 Å². The molecule has 0 radical (unpaired) electrons. The van der Waals surface area contributed by atoms with Crippen molar-refractivity contribution in [1.29, 1.82) is 0 Å². The van der Waals surface area contributed by atoms with Crippen molar-refractivity contribution in [1.82, 2.24) is 4.90 Å². The molecule has 0 aromatic heterocycles. The van der Waals surface area contributed by atoms with Gasteiger partial charge in [0.25, 0.3) is 5.69 Å². The van der Waals surface area contributed by atoms with Gasteiger partial charge in [0.1, 0.15) is 12.4 Å². The molecule has 2 rings (SSSR count). The van der Waals surface area contributed by atoms with Crippen LogP contribution in [0.2, 0.25) is 0 Å². The van der Waals surface area contributed by atoms with E-state index in [0.717, 1.165) is 19.5 Å². The highest BCUT2D eigenvalue weighted by Gasteiger charge is 2.20. The number of hydrogen-bond donors (Lipinski definition) is 1. The fourth-order valence-corrected chi connectivity index (χ4v) is 2.44. The summed E-state index contributed by atoms with van der Waals surface area (Å²) in [4.78, 5) is 27.6. The molecule has 1 aromatic carbocycles. The van der Waals surface area contributed by atoms with Crippen molar-refractivity contribution < 1.29 is 14.5 Å². The maximum atomic E-state index is 11.7. The van der Waals surface area contributed by atoms with Crippen molar-refractivity contribution in [2.75, 3.05) is 13.1 Å². The minimum atomic E-state index is -0.668. The molecule has 0 N–H and O–H groups in total. The molecular formula is C14H17N3O4S. The lowest BCUT2D eigenvalue weighted by Crippen LogP contribution is -2.27. The first kappa shape index (κ1) is 16.3. The Morgan fingerprint density at radius 3 is 2.73 bits per heavy atom. The first-order chi connectivity index (χ1) is 10.5. The average Bonchev–Trinajstić information content (AvgIpc) is 2.92. The van der Waals surface area contributed by atoms with Crippen LogP contribution in [-0.2, 0) is 11.3 Å². The van der Waals surface area contributed by atoms with E-state index in [1.807, 2.05) is 4.90 Å². The van der Waals surface area contributed by atoms with Crippen molar-refractivity contribution >= 4 is 30.2 Å². The second-order valence-corrected chi connectivity index (χ2v) is 5.76. The van der Waals surface area contributed by atoms with Gasteiger partial charge in [-0.15, -0.1) is 0 Å². The molecule has 22 heavy (non-hydrogen) atoms. The molecule has 0 spiro atoms. The highest BCUT2D eigenvalue weighted by molar-refractivity contribution is 7.81. The number of carbonyl (C=O) groups excluding carboxylic acids is 1. The molecule has 0 unspecified atom stereocenters. The largest absolute Gasteiger partial charge is 0.443 e. The van der Waals surface area contributed by atoms with E-state index < -0.39 is 11.0 Å². The fraction of sp³-hybridized carbons (Fsp3) is 0.429. The van der Waals surface area contributed by atoms with Gasteiger partial charge in [-0.3, -0.25) is 10.1 Å². The lowest BCUT2D eigenvalue weighted by Gasteiger charge is -2.16. The zero-order valence-electron chi connectivity index (χ0n) is 12.1. The van der Waals surface area contributed by atoms with E-state index in [9.17, 15) is 14.9 Å². The van der Waals surface area contributed by atoms with Crippen LogP contribution in [0, 0.1) is 10.1 Å². The fourth-order valence-electron chi connectivity index (χ4n) is 2.13. The third-order valence-electron chi connectivity index (χ3n) is 3.38. The molecule has 118 valence electrons. The van der Waals surface area contributed by atoms with Crippen molar-refractivity contribution in [3.05, 3.63) is 39.9 Å². The van der Waals surface area contributed by atoms with Gasteiger partial charge in [0, 0.05) is 30.5 Å². The maximum Gasteiger partial charge on any atom is 0.435 e. The van der Waals surface area contributed by atoms with Gasteiger partial charge < -0.3 is 9.64 Å². The standard InChI is InChI=1S/C14H17N3O4S/c1-10(16-7-6-13(22)8-16)15-14(18)21-9-11-2-4-12(5-3-11)17(19)20/h2-5,13,22H,6-9H2,1H3/t13-/m1/s1. The minimum absolute atomic E-state index is 0.000663. The first-order valence-corrected chi connectivity index (χ1v) is 7.35. The predicted molar refractivity (Wildman–Crippen MR) is 85.4 cm³/mol. The van der Waals surface area contributed by atoms with Crippen LogP contribution in [-0.4, -0.2) is 40.1 Å². The SMILES string of the molecule is CC(=NC(=O)OCc1ccc([N+](=O)[O-])cc1)N1CC[C@@H](S)C1. The van der Waals surface area contributed by atoms with Crippen LogP contribution >= 0.6 is 12.6 Å². The molecular weight excluding hydrogens is 306 g/mol. The third kappa shape index (κ3) is 4.45.